The minimum atomic E-state index is -1.24. The van der Waals surface area contributed by atoms with Crippen molar-refractivity contribution in [2.45, 2.75) is 63.2 Å². The predicted octanol–water partition coefficient (Wildman–Crippen LogP) is 6.36. The molecule has 1 aromatic heterocycles. The van der Waals surface area contributed by atoms with Crippen molar-refractivity contribution in [2.24, 2.45) is 0 Å². The number of carbonyl (C=O) groups is 2. The molecule has 3 aromatic carbocycles. The number of fused-ring (bicyclic) bond motifs is 1. The monoisotopic (exact) mass is 600 g/mol. The number of hydrogen-bond donors (Lipinski definition) is 3. The van der Waals surface area contributed by atoms with Crippen LogP contribution >= 0.6 is 11.8 Å². The summed E-state index contributed by atoms with van der Waals surface area (Å²) < 4.78 is 11.3. The molecule has 0 bridgehead atoms. The average Bonchev–Trinajstić information content (AvgIpc) is 3.42. The maximum atomic E-state index is 13.7. The van der Waals surface area contributed by atoms with E-state index in [-0.39, 0.29) is 11.6 Å². The molecule has 9 nitrogen and oxygen atoms in total. The second-order valence-electron chi connectivity index (χ2n) is 11.1. The molecule has 1 heterocycles. The van der Waals surface area contributed by atoms with Crippen LogP contribution in [0.15, 0.2) is 83.3 Å². The summed E-state index contributed by atoms with van der Waals surface area (Å²) in [5.41, 5.74) is 2.80. The van der Waals surface area contributed by atoms with Crippen LogP contribution in [-0.4, -0.2) is 45.5 Å². The van der Waals surface area contributed by atoms with E-state index in [4.69, 9.17) is 15.7 Å². The Morgan fingerprint density at radius 2 is 1.72 bits per heavy atom. The summed E-state index contributed by atoms with van der Waals surface area (Å²) in [4.78, 5) is 34.5. The number of amides is 2. The van der Waals surface area contributed by atoms with Crippen molar-refractivity contribution in [2.75, 3.05) is 5.75 Å². The highest BCUT2D eigenvalue weighted by Crippen LogP contribution is 2.26. The number of para-hydroxylation sites is 3. The van der Waals surface area contributed by atoms with Gasteiger partial charge in [-0.15, -0.1) is 0 Å². The lowest BCUT2D eigenvalue weighted by atomic mass is 10.0. The van der Waals surface area contributed by atoms with E-state index in [2.05, 4.69) is 20.5 Å². The minimum absolute atomic E-state index is 0.0985. The number of aryl methyl sites for hydroxylation is 1. The van der Waals surface area contributed by atoms with Gasteiger partial charge in [0.1, 0.15) is 17.2 Å². The number of ether oxygens (including phenoxy) is 1. The van der Waals surface area contributed by atoms with E-state index in [1.165, 1.54) is 11.8 Å². The van der Waals surface area contributed by atoms with Crippen LogP contribution < -0.4 is 10.6 Å². The molecule has 1 unspecified atom stereocenters. The maximum Gasteiger partial charge on any atom is 0.408 e. The van der Waals surface area contributed by atoms with Crippen molar-refractivity contribution in [3.8, 4) is 0 Å². The van der Waals surface area contributed by atoms with Crippen molar-refractivity contribution in [3.05, 3.63) is 107 Å². The summed E-state index contributed by atoms with van der Waals surface area (Å²) in [5.74, 6) is 0.301. The summed E-state index contributed by atoms with van der Waals surface area (Å²) in [6, 6.07) is 22.5. The quantitative estimate of drug-likeness (QED) is 0.162. The molecule has 10 heteroatoms. The lowest BCUT2D eigenvalue weighted by Gasteiger charge is -2.27. The fraction of sp³-hybridized carbons (Fsp3) is 0.333. The Morgan fingerprint density at radius 1 is 1.02 bits per heavy atom. The van der Waals surface area contributed by atoms with Crippen LogP contribution in [0.4, 0.5) is 10.5 Å². The topological polar surface area (TPSA) is 118 Å². The number of aliphatic hydroxyl groups is 1. The number of benzene rings is 3. The Labute approximate surface area is 255 Å². The highest BCUT2D eigenvalue weighted by Gasteiger charge is 2.31. The van der Waals surface area contributed by atoms with Crippen LogP contribution in [0, 0.1) is 6.57 Å². The molecule has 0 saturated heterocycles. The third-order valence-corrected chi connectivity index (χ3v) is 7.60. The van der Waals surface area contributed by atoms with Crippen LogP contribution in [-0.2, 0) is 21.7 Å². The van der Waals surface area contributed by atoms with Crippen molar-refractivity contribution >= 4 is 40.5 Å². The largest absolute Gasteiger partial charge is 0.444 e. The van der Waals surface area contributed by atoms with E-state index in [1.807, 2.05) is 54.6 Å². The lowest BCUT2D eigenvalue weighted by molar-refractivity contribution is -0.124. The number of carbonyl (C=O) groups excluding carboxylic acids is 2. The molecule has 0 fully saturated rings. The predicted molar refractivity (Wildman–Crippen MR) is 168 cm³/mol. The zero-order valence-corrected chi connectivity index (χ0v) is 25.3. The van der Waals surface area contributed by atoms with Gasteiger partial charge in [-0.25, -0.2) is 14.6 Å². The van der Waals surface area contributed by atoms with E-state index in [9.17, 15) is 14.7 Å². The van der Waals surface area contributed by atoms with Gasteiger partial charge in [-0.2, -0.15) is 11.8 Å². The molecule has 4 rings (SSSR count). The van der Waals surface area contributed by atoms with Gasteiger partial charge in [0.25, 0.3) is 0 Å². The molecule has 0 aliphatic rings. The SMILES string of the molecule is [C-]#[N+]c1ccccc1CSC[C@H](NC(=O)OC(C)(C)C)C(=O)N[C@@H](CCc1ccccc1)C(O)c1nc2ccccc2o1. The van der Waals surface area contributed by atoms with Crippen LogP contribution in [0.5, 0.6) is 0 Å². The Balaban J connectivity index is 1.53. The highest BCUT2D eigenvalue weighted by molar-refractivity contribution is 7.98. The first-order valence-corrected chi connectivity index (χ1v) is 15.2. The van der Waals surface area contributed by atoms with Gasteiger partial charge < -0.3 is 24.9 Å². The van der Waals surface area contributed by atoms with Crippen molar-refractivity contribution in [3.63, 3.8) is 0 Å². The molecular formula is C33H36N4O5S. The molecule has 4 aromatic rings. The molecule has 0 radical (unpaired) electrons. The number of nitrogens with zero attached hydrogens (tertiary/aromatic N) is 2. The Bertz CT molecular complexity index is 1530. The summed E-state index contributed by atoms with van der Waals surface area (Å²) >= 11 is 1.41. The highest BCUT2D eigenvalue weighted by atomic mass is 32.2. The van der Waals surface area contributed by atoms with Crippen LogP contribution in [0.25, 0.3) is 15.9 Å². The molecule has 0 aliphatic carbocycles. The first-order chi connectivity index (χ1) is 20.6. The summed E-state index contributed by atoms with van der Waals surface area (Å²) in [5, 5.41) is 17.0. The molecule has 224 valence electrons. The number of alkyl carbamates (subject to hydrolysis) is 1. The number of nitrogens with one attached hydrogen (secondary N) is 2. The van der Waals surface area contributed by atoms with E-state index < -0.39 is 35.8 Å². The first kappa shape index (κ1) is 31.6. The maximum absolute atomic E-state index is 13.7. The van der Waals surface area contributed by atoms with Crippen LogP contribution in [0.2, 0.25) is 0 Å². The number of hydrogen-bond acceptors (Lipinski definition) is 7. The van der Waals surface area contributed by atoms with E-state index in [0.29, 0.717) is 35.4 Å². The van der Waals surface area contributed by atoms with Gasteiger partial charge in [0.15, 0.2) is 17.4 Å². The average molecular weight is 601 g/mol. The Morgan fingerprint density at radius 3 is 2.44 bits per heavy atom. The van der Waals surface area contributed by atoms with E-state index >= 15 is 0 Å². The lowest BCUT2D eigenvalue weighted by Crippen LogP contribution is -2.53. The molecule has 3 N–H and O–H groups in total. The summed E-state index contributed by atoms with van der Waals surface area (Å²) in [6.45, 7) is 12.6. The van der Waals surface area contributed by atoms with Gasteiger partial charge in [-0.05, 0) is 56.9 Å². The summed E-state index contributed by atoms with van der Waals surface area (Å²) in [6.07, 6.45) is -0.994. The number of aromatic nitrogens is 1. The van der Waals surface area contributed by atoms with Crippen LogP contribution in [0.3, 0.4) is 0 Å². The Hall–Kier alpha value is -4.33. The van der Waals surface area contributed by atoms with E-state index in [1.54, 1.807) is 45.0 Å². The number of oxazole rings is 1. The zero-order chi connectivity index (χ0) is 30.8. The smallest absolute Gasteiger partial charge is 0.408 e. The normalized spacial score (nSPS) is 13.5. The standard InChI is InChI=1S/C33H36N4O5S/c1-33(2,3)42-32(40)37-27(21-43-20-23-14-8-9-15-24(23)34-4)30(39)35-26(19-18-22-12-6-5-7-13-22)29(38)31-36-25-16-10-11-17-28(25)41-31/h5-17,26-27,29,38H,18-21H2,1-3H3,(H,35,39)(H,37,40)/t26-,27-,29?/m0/s1. The van der Waals surface area contributed by atoms with Gasteiger partial charge in [-0.3, -0.25) is 4.79 Å². The molecule has 3 atom stereocenters. The van der Waals surface area contributed by atoms with Crippen LogP contribution in [0.1, 0.15) is 50.3 Å². The number of aliphatic hydroxyl groups excluding tert-OH is 1. The molecule has 0 aliphatic heterocycles. The molecule has 0 saturated carbocycles. The van der Waals surface area contributed by atoms with E-state index in [0.717, 1.165) is 11.1 Å². The second kappa shape index (κ2) is 14.7. The summed E-state index contributed by atoms with van der Waals surface area (Å²) in [7, 11) is 0. The fourth-order valence-corrected chi connectivity index (χ4v) is 5.46. The third-order valence-electron chi connectivity index (χ3n) is 6.52. The number of rotatable bonds is 12. The Kier molecular flexibility index (Phi) is 10.8. The second-order valence-corrected chi connectivity index (χ2v) is 12.1. The van der Waals surface area contributed by atoms with Crippen molar-refractivity contribution < 1.29 is 23.8 Å². The third kappa shape index (κ3) is 9.33. The zero-order valence-electron chi connectivity index (χ0n) is 24.4. The molecular weight excluding hydrogens is 564 g/mol. The number of thioether (sulfide) groups is 1. The molecule has 2 amide bonds. The van der Waals surface area contributed by atoms with Crippen molar-refractivity contribution in [1.29, 1.82) is 0 Å². The van der Waals surface area contributed by atoms with Gasteiger partial charge in [0, 0.05) is 11.5 Å². The van der Waals surface area contributed by atoms with Gasteiger partial charge in [0.05, 0.1) is 12.6 Å². The fourth-order valence-electron chi connectivity index (χ4n) is 4.41. The minimum Gasteiger partial charge on any atom is -0.444 e. The first-order valence-electron chi connectivity index (χ1n) is 14.0. The van der Waals surface area contributed by atoms with Gasteiger partial charge >= 0.3 is 6.09 Å². The van der Waals surface area contributed by atoms with Gasteiger partial charge in [-0.1, -0.05) is 66.7 Å². The van der Waals surface area contributed by atoms with Crippen molar-refractivity contribution in [1.82, 2.24) is 15.6 Å². The molecule has 0 spiro atoms. The molecule has 43 heavy (non-hydrogen) atoms. The van der Waals surface area contributed by atoms with Gasteiger partial charge in [0.2, 0.25) is 11.8 Å².